The molecular weight excluding hydrogens is 179 g/mol. The van der Waals surface area contributed by atoms with Gasteiger partial charge in [-0.2, -0.15) is 0 Å². The monoisotopic (exact) mass is 192 g/mol. The van der Waals surface area contributed by atoms with Crippen LogP contribution in [0.4, 0.5) is 15.8 Å². The summed E-state index contributed by atoms with van der Waals surface area (Å²) in [4.78, 5) is 2.11. The summed E-state index contributed by atoms with van der Waals surface area (Å²) in [6, 6.07) is 5.21. The maximum Gasteiger partial charge on any atom is 0.148 e. The number of para-hydroxylation sites is 1. The summed E-state index contributed by atoms with van der Waals surface area (Å²) in [6.45, 7) is 0.944. The van der Waals surface area contributed by atoms with Gasteiger partial charge in [-0.15, -0.1) is 0 Å². The van der Waals surface area contributed by atoms with E-state index in [1.54, 1.807) is 6.07 Å². The largest absolute Gasteiger partial charge is 0.381 e. The lowest BCUT2D eigenvalue weighted by molar-refractivity contribution is 0.584. The highest BCUT2D eigenvalue weighted by Gasteiger charge is 2.49. The summed E-state index contributed by atoms with van der Waals surface area (Å²) in [7, 11) is 2.00. The minimum absolute atomic E-state index is 0.122. The average molecular weight is 192 g/mol. The zero-order chi connectivity index (χ0) is 9.76. The number of rotatable bonds is 0. The van der Waals surface area contributed by atoms with Gasteiger partial charge in [0.15, 0.2) is 0 Å². The lowest BCUT2D eigenvalue weighted by Gasteiger charge is -2.37. The number of hydrogen-bond acceptors (Lipinski definition) is 2. The Morgan fingerprint density at radius 1 is 1.43 bits per heavy atom. The Hall–Kier alpha value is -1.25. The predicted molar refractivity (Wildman–Crippen MR) is 55.3 cm³/mol. The van der Waals surface area contributed by atoms with E-state index in [9.17, 15) is 4.39 Å². The van der Waals surface area contributed by atoms with E-state index in [4.69, 9.17) is 0 Å². The fourth-order valence-corrected chi connectivity index (χ4v) is 2.27. The van der Waals surface area contributed by atoms with Gasteiger partial charge in [0.05, 0.1) is 16.9 Å². The first-order valence-electron chi connectivity index (χ1n) is 4.99. The van der Waals surface area contributed by atoms with E-state index >= 15 is 0 Å². The van der Waals surface area contributed by atoms with Crippen LogP contribution in [0.1, 0.15) is 12.8 Å². The van der Waals surface area contributed by atoms with Crippen molar-refractivity contribution in [2.24, 2.45) is 0 Å². The van der Waals surface area contributed by atoms with Crippen LogP contribution in [-0.4, -0.2) is 19.1 Å². The van der Waals surface area contributed by atoms with Crippen molar-refractivity contribution in [3.63, 3.8) is 0 Å². The molecule has 2 aliphatic rings. The molecule has 1 heterocycles. The smallest absolute Gasteiger partial charge is 0.148 e. The van der Waals surface area contributed by atoms with E-state index < -0.39 is 0 Å². The standard InChI is InChI=1S/C11H13FN2/c1-14-10-8(12)3-2-4-9(10)13-7-11(14)5-6-11/h2-4,13H,5-7H2,1H3. The molecule has 1 aromatic rings. The van der Waals surface area contributed by atoms with E-state index in [1.165, 1.54) is 18.9 Å². The highest BCUT2D eigenvalue weighted by molar-refractivity contribution is 5.75. The van der Waals surface area contributed by atoms with Crippen molar-refractivity contribution >= 4 is 11.4 Å². The second-order valence-electron chi connectivity index (χ2n) is 4.27. The summed E-state index contributed by atoms with van der Waals surface area (Å²) in [6.07, 6.45) is 2.34. The molecule has 0 aromatic heterocycles. The topological polar surface area (TPSA) is 15.3 Å². The third-order valence-electron chi connectivity index (χ3n) is 3.47. The number of benzene rings is 1. The molecular formula is C11H13FN2. The van der Waals surface area contributed by atoms with E-state index in [1.807, 2.05) is 13.1 Å². The van der Waals surface area contributed by atoms with Crippen molar-refractivity contribution in [1.29, 1.82) is 0 Å². The van der Waals surface area contributed by atoms with Crippen LogP contribution in [0.15, 0.2) is 18.2 Å². The van der Waals surface area contributed by atoms with Gasteiger partial charge in [0.2, 0.25) is 0 Å². The summed E-state index contributed by atoms with van der Waals surface area (Å²) in [5.41, 5.74) is 1.86. The molecule has 1 saturated carbocycles. The molecule has 14 heavy (non-hydrogen) atoms. The van der Waals surface area contributed by atoms with E-state index in [-0.39, 0.29) is 11.4 Å². The van der Waals surface area contributed by atoms with E-state index in [0.29, 0.717) is 0 Å². The van der Waals surface area contributed by atoms with E-state index in [2.05, 4.69) is 10.2 Å². The fourth-order valence-electron chi connectivity index (χ4n) is 2.27. The number of hydrogen-bond donors (Lipinski definition) is 1. The van der Waals surface area contributed by atoms with Crippen molar-refractivity contribution in [1.82, 2.24) is 0 Å². The molecule has 0 radical (unpaired) electrons. The van der Waals surface area contributed by atoms with Crippen LogP contribution in [0.3, 0.4) is 0 Å². The third kappa shape index (κ3) is 0.897. The number of likely N-dealkylation sites (N-methyl/N-ethyl adjacent to an activating group) is 1. The van der Waals surface area contributed by atoms with Crippen molar-refractivity contribution < 1.29 is 4.39 Å². The summed E-state index contributed by atoms with van der Waals surface area (Å²) in [5.74, 6) is -0.122. The molecule has 1 N–H and O–H groups in total. The van der Waals surface area contributed by atoms with Crippen molar-refractivity contribution in [2.75, 3.05) is 23.8 Å². The Kier molecular flexibility index (Phi) is 1.39. The zero-order valence-corrected chi connectivity index (χ0v) is 8.18. The second-order valence-corrected chi connectivity index (χ2v) is 4.27. The lowest BCUT2D eigenvalue weighted by Crippen LogP contribution is -2.44. The van der Waals surface area contributed by atoms with Crippen LogP contribution in [0.25, 0.3) is 0 Å². The summed E-state index contributed by atoms with van der Waals surface area (Å²) in [5, 5.41) is 3.30. The molecule has 3 heteroatoms. The van der Waals surface area contributed by atoms with Crippen LogP contribution in [0, 0.1) is 5.82 Å². The summed E-state index contributed by atoms with van der Waals surface area (Å²) < 4.78 is 13.6. The first-order valence-corrected chi connectivity index (χ1v) is 4.99. The maximum absolute atomic E-state index is 13.6. The van der Waals surface area contributed by atoms with Gasteiger partial charge in [-0.1, -0.05) is 6.07 Å². The van der Waals surface area contributed by atoms with Gasteiger partial charge >= 0.3 is 0 Å². The van der Waals surface area contributed by atoms with Crippen molar-refractivity contribution in [3.05, 3.63) is 24.0 Å². The third-order valence-corrected chi connectivity index (χ3v) is 3.47. The Morgan fingerprint density at radius 3 is 2.93 bits per heavy atom. The molecule has 1 aliphatic carbocycles. The maximum atomic E-state index is 13.6. The van der Waals surface area contributed by atoms with Crippen LogP contribution in [-0.2, 0) is 0 Å². The summed E-state index contributed by atoms with van der Waals surface area (Å²) >= 11 is 0. The molecule has 1 spiro atoms. The molecule has 3 rings (SSSR count). The van der Waals surface area contributed by atoms with Crippen LogP contribution >= 0.6 is 0 Å². The number of halogens is 1. The van der Waals surface area contributed by atoms with Gasteiger partial charge in [0, 0.05) is 13.6 Å². The van der Waals surface area contributed by atoms with Crippen LogP contribution in [0.5, 0.6) is 0 Å². The molecule has 74 valence electrons. The highest BCUT2D eigenvalue weighted by Crippen LogP contribution is 2.48. The van der Waals surface area contributed by atoms with E-state index in [0.717, 1.165) is 17.9 Å². The number of anilines is 2. The van der Waals surface area contributed by atoms with Crippen LogP contribution < -0.4 is 10.2 Å². The zero-order valence-electron chi connectivity index (χ0n) is 8.18. The normalized spacial score (nSPS) is 21.7. The number of nitrogens with one attached hydrogen (secondary N) is 1. The quantitative estimate of drug-likeness (QED) is 0.678. The highest BCUT2D eigenvalue weighted by atomic mass is 19.1. The Labute approximate surface area is 82.7 Å². The number of fused-ring (bicyclic) bond motifs is 1. The van der Waals surface area contributed by atoms with Gasteiger partial charge in [-0.05, 0) is 25.0 Å². The molecule has 1 aliphatic heterocycles. The fraction of sp³-hybridized carbons (Fsp3) is 0.455. The minimum Gasteiger partial charge on any atom is -0.381 e. The molecule has 0 unspecified atom stereocenters. The molecule has 1 fully saturated rings. The van der Waals surface area contributed by atoms with Gasteiger partial charge in [0.1, 0.15) is 5.82 Å². The SMILES string of the molecule is CN1c2c(F)cccc2NCC12CC2. The molecule has 0 bridgehead atoms. The lowest BCUT2D eigenvalue weighted by atomic mass is 10.1. The van der Waals surface area contributed by atoms with Gasteiger partial charge in [0.25, 0.3) is 0 Å². The Bertz CT molecular complexity index is 385. The van der Waals surface area contributed by atoms with Gasteiger partial charge < -0.3 is 10.2 Å². The second kappa shape index (κ2) is 2.41. The molecule has 2 nitrogen and oxygen atoms in total. The average Bonchev–Trinajstić information content (AvgIpc) is 2.93. The molecule has 1 aromatic carbocycles. The Morgan fingerprint density at radius 2 is 2.21 bits per heavy atom. The van der Waals surface area contributed by atoms with Crippen molar-refractivity contribution in [2.45, 2.75) is 18.4 Å². The first kappa shape index (κ1) is 8.09. The van der Waals surface area contributed by atoms with Crippen LogP contribution in [0.2, 0.25) is 0 Å². The first-order chi connectivity index (χ1) is 6.73. The van der Waals surface area contributed by atoms with Crippen molar-refractivity contribution in [3.8, 4) is 0 Å². The molecule has 0 amide bonds. The van der Waals surface area contributed by atoms with Gasteiger partial charge in [-0.25, -0.2) is 4.39 Å². The number of nitrogens with zero attached hydrogens (tertiary/aromatic N) is 1. The molecule has 0 saturated heterocycles. The minimum atomic E-state index is -0.122. The predicted octanol–water partition coefficient (Wildman–Crippen LogP) is 2.22. The Balaban J connectivity index is 2.13. The van der Waals surface area contributed by atoms with Gasteiger partial charge in [-0.3, -0.25) is 0 Å². The molecule has 0 atom stereocenters.